The number of ether oxygens (including phenoxy) is 2. The van der Waals surface area contributed by atoms with E-state index in [0.29, 0.717) is 31.4 Å². The Labute approximate surface area is 395 Å². The lowest BCUT2D eigenvalue weighted by molar-refractivity contribution is -0.190. The predicted octanol–water partition coefficient (Wildman–Crippen LogP) is 6.81. The Morgan fingerprint density at radius 1 is 1.07 bits per heavy atom. The van der Waals surface area contributed by atoms with Gasteiger partial charge in [0, 0.05) is 74.8 Å². The van der Waals surface area contributed by atoms with Crippen LogP contribution in [0.5, 0.6) is 0 Å². The molecule has 2 saturated heterocycles. The molecule has 0 radical (unpaired) electrons. The second-order valence-electron chi connectivity index (χ2n) is 19.0. The maximum absolute atomic E-state index is 14.7. The predicted molar refractivity (Wildman–Crippen MR) is 250 cm³/mol. The molecule has 0 spiro atoms. The van der Waals surface area contributed by atoms with Gasteiger partial charge in [-0.25, -0.2) is 5.43 Å². The monoisotopic (exact) mass is 941 g/mol. The number of amides is 4. The van der Waals surface area contributed by atoms with Gasteiger partial charge in [-0.05, 0) is 92.1 Å². The van der Waals surface area contributed by atoms with E-state index in [2.05, 4.69) is 40.9 Å². The molecule has 4 aromatic rings. The van der Waals surface area contributed by atoms with Crippen LogP contribution in [0.2, 0.25) is 0 Å². The number of benzene rings is 2. The first-order chi connectivity index (χ1) is 32.3. The number of carbonyl (C=O) groups excluding carboxylic acids is 5. The number of nitrogens with one attached hydrogen (secondary N) is 2. The lowest BCUT2D eigenvalue weighted by Gasteiger charge is -2.37. The third kappa shape index (κ3) is 10.3. The van der Waals surface area contributed by atoms with Gasteiger partial charge in [0.1, 0.15) is 18.1 Å². The number of halogens is 3. The number of hydrogen-bond donors (Lipinski definition) is 2. The van der Waals surface area contributed by atoms with Crippen LogP contribution in [0, 0.1) is 17.3 Å². The average Bonchev–Trinajstić information content (AvgIpc) is 3.94. The first-order valence-electron chi connectivity index (χ1n) is 23.3. The fourth-order valence-corrected chi connectivity index (χ4v) is 9.88. The van der Waals surface area contributed by atoms with Crippen LogP contribution < -0.4 is 10.7 Å². The number of likely N-dealkylation sites (tertiary alicyclic amines) is 1. The quantitative estimate of drug-likeness (QED) is 0.129. The number of aromatic nitrogens is 2. The van der Waals surface area contributed by atoms with Crippen molar-refractivity contribution in [3.63, 3.8) is 0 Å². The van der Waals surface area contributed by atoms with Crippen LogP contribution in [0.25, 0.3) is 33.3 Å². The molecule has 2 aromatic heterocycles. The molecule has 2 fully saturated rings. The van der Waals surface area contributed by atoms with Gasteiger partial charge in [0.05, 0.1) is 35.9 Å². The van der Waals surface area contributed by atoms with Crippen molar-refractivity contribution < 1.29 is 46.6 Å². The van der Waals surface area contributed by atoms with Crippen LogP contribution in [0.4, 0.5) is 13.2 Å². The minimum absolute atomic E-state index is 0.0408. The zero-order valence-corrected chi connectivity index (χ0v) is 39.8. The maximum Gasteiger partial charge on any atom is 0.394 e. The number of hydrazine groups is 1. The minimum atomic E-state index is -4.91. The van der Waals surface area contributed by atoms with E-state index in [1.165, 1.54) is 9.91 Å². The maximum atomic E-state index is 14.7. The van der Waals surface area contributed by atoms with Crippen LogP contribution in [0.1, 0.15) is 76.8 Å². The summed E-state index contributed by atoms with van der Waals surface area (Å²) in [6.07, 6.45) is -1.06. The molecule has 2 N–H and O–H groups in total. The number of methoxy groups -OCH3 is 1. The lowest BCUT2D eigenvalue weighted by atomic mass is 9.84. The normalized spacial score (nSPS) is 21.4. The molecule has 6 atom stereocenters. The molecule has 364 valence electrons. The molecule has 6 bridgehead atoms. The summed E-state index contributed by atoms with van der Waals surface area (Å²) in [5, 5.41) is 4.84. The summed E-state index contributed by atoms with van der Waals surface area (Å²) in [5.74, 6) is -6.78. The lowest BCUT2D eigenvalue weighted by Crippen LogP contribution is -2.63. The van der Waals surface area contributed by atoms with Crippen molar-refractivity contribution in [2.45, 2.75) is 104 Å². The van der Waals surface area contributed by atoms with Gasteiger partial charge in [-0.3, -0.25) is 34.0 Å². The van der Waals surface area contributed by atoms with Crippen LogP contribution in [0.3, 0.4) is 0 Å². The van der Waals surface area contributed by atoms with Gasteiger partial charge in [0.25, 0.3) is 5.91 Å². The minimum Gasteiger partial charge on any atom is -0.464 e. The molecule has 2 aromatic carbocycles. The summed E-state index contributed by atoms with van der Waals surface area (Å²) in [7, 11) is 2.79. The van der Waals surface area contributed by atoms with E-state index in [-0.39, 0.29) is 45.2 Å². The van der Waals surface area contributed by atoms with Gasteiger partial charge in [-0.1, -0.05) is 57.7 Å². The summed E-state index contributed by atoms with van der Waals surface area (Å²) in [6, 6.07) is 13.2. The van der Waals surface area contributed by atoms with Gasteiger partial charge in [-0.15, -0.1) is 0 Å². The number of likely N-dealkylation sites (N-methyl/N-ethyl adjacent to an activating group) is 1. The van der Waals surface area contributed by atoms with Crippen molar-refractivity contribution in [3.8, 4) is 22.4 Å². The Morgan fingerprint density at radius 3 is 2.53 bits per heavy atom. The van der Waals surface area contributed by atoms with Crippen molar-refractivity contribution in [1.82, 2.24) is 35.1 Å². The molecule has 5 heterocycles. The highest BCUT2D eigenvalue weighted by Gasteiger charge is 2.49. The Morgan fingerprint density at radius 2 is 1.82 bits per heavy atom. The van der Waals surface area contributed by atoms with Gasteiger partial charge < -0.3 is 29.2 Å². The topological polar surface area (TPSA) is 155 Å². The molecule has 14 nitrogen and oxygen atoms in total. The van der Waals surface area contributed by atoms with Crippen molar-refractivity contribution in [3.05, 3.63) is 90.3 Å². The van der Waals surface area contributed by atoms with Crippen LogP contribution in [-0.2, 0) is 52.8 Å². The van der Waals surface area contributed by atoms with E-state index < -0.39 is 71.2 Å². The number of carbonyl (C=O) groups is 5. The number of hydrogen-bond acceptors (Lipinski definition) is 9. The van der Waals surface area contributed by atoms with Crippen LogP contribution in [0.15, 0.2) is 73.4 Å². The Balaban J connectivity index is 1.31. The van der Waals surface area contributed by atoms with Crippen LogP contribution >= 0.6 is 0 Å². The highest BCUT2D eigenvalue weighted by Crippen LogP contribution is 2.42. The molecule has 4 amide bonds. The molecule has 0 saturated carbocycles. The molecule has 0 aliphatic carbocycles. The van der Waals surface area contributed by atoms with E-state index in [1.54, 1.807) is 19.4 Å². The zero-order chi connectivity index (χ0) is 49.2. The number of aryl methyl sites for hydroxylation is 1. The largest absolute Gasteiger partial charge is 0.464 e. The number of alkyl halides is 3. The van der Waals surface area contributed by atoms with Gasteiger partial charge in [-0.2, -0.15) is 13.2 Å². The smallest absolute Gasteiger partial charge is 0.394 e. The molecule has 7 rings (SSSR count). The van der Waals surface area contributed by atoms with Crippen molar-refractivity contribution >= 4 is 40.5 Å². The highest BCUT2D eigenvalue weighted by molar-refractivity contribution is 5.96. The summed E-state index contributed by atoms with van der Waals surface area (Å²) in [6.45, 7) is 13.4. The molecule has 1 unspecified atom stereocenters. The van der Waals surface area contributed by atoms with E-state index in [1.807, 2.05) is 57.2 Å². The third-order valence-corrected chi connectivity index (χ3v) is 13.7. The fraction of sp³-hybridized carbons (Fsp3) is 0.490. The van der Waals surface area contributed by atoms with Gasteiger partial charge in [0.2, 0.25) is 17.7 Å². The number of nitrogens with zero attached hydrogens (tertiary/aromatic N) is 5. The zero-order valence-electron chi connectivity index (χ0n) is 39.8. The molecule has 17 heteroatoms. The second-order valence-corrected chi connectivity index (χ2v) is 19.0. The Hall–Kier alpha value is -6.07. The average molecular weight is 942 g/mol. The number of cyclic esters (lactones) is 1. The molecular weight excluding hydrogens is 880 g/mol. The molecule has 3 aliphatic heterocycles. The summed E-state index contributed by atoms with van der Waals surface area (Å²) < 4.78 is 58.0. The highest BCUT2D eigenvalue weighted by atomic mass is 19.4. The Kier molecular flexibility index (Phi) is 14.8. The van der Waals surface area contributed by atoms with E-state index in [0.717, 1.165) is 69.5 Å². The molecule has 68 heavy (non-hydrogen) atoms. The summed E-state index contributed by atoms with van der Waals surface area (Å²) in [5.41, 5.74) is 9.37. The van der Waals surface area contributed by atoms with Crippen molar-refractivity contribution in [2.75, 3.05) is 40.4 Å². The van der Waals surface area contributed by atoms with Gasteiger partial charge in [0.15, 0.2) is 0 Å². The number of esters is 1. The first-order valence-corrected chi connectivity index (χ1v) is 23.3. The second kappa shape index (κ2) is 20.3. The molecule has 3 aliphatic rings. The summed E-state index contributed by atoms with van der Waals surface area (Å²) >= 11 is 0. The van der Waals surface area contributed by atoms with E-state index in [4.69, 9.17) is 14.5 Å². The molecular formula is C51H62F3N7O7. The standard InChI is InChI=1S/C51H62F3N7O7/c1-9-42(62)59-23-20-35(28-59)47(64)58(7)44(30(3)51(52,53)54)46(63)56-40-25-32-14-11-15-33(24-32)34-18-19-41-37(26-34)38(45(60(41)10-2)36-16-12-21-55-43(36)31(4)67-8)27-50(5,6)29-68-49(66)39-17-13-22-61(57-39)48(40)65/h9,11-12,14-16,18-19,21,24,26,30-31,35,39-40,44,57H,1,10,13,17,20,22-23,25,27-29H2,2-8H3,(H,56,63)/t30-,31+,35+,39?,40+,44+/m1/s1. The van der Waals surface area contributed by atoms with Crippen molar-refractivity contribution in [2.24, 2.45) is 17.3 Å². The van der Waals surface area contributed by atoms with Crippen molar-refractivity contribution in [1.29, 1.82) is 0 Å². The number of pyridine rings is 1. The number of fused-ring (bicyclic) bond motifs is 6. The fourth-order valence-electron chi connectivity index (χ4n) is 9.88. The van der Waals surface area contributed by atoms with E-state index >= 15 is 0 Å². The SMILES string of the molecule is C=CC(=O)N1CC[C@H](C(=O)N(C)[C@H](C(=O)N[C@H]2Cc3cccc(c3)-c3ccc4c(c3)c(c(-c3cccnc3[C@H](C)OC)n4CC)CC(C)(C)COC(=O)C3CCCN(N3)C2=O)[C@@H](C)C(F)(F)F)C1. The first kappa shape index (κ1) is 49.8. The van der Waals surface area contributed by atoms with Crippen LogP contribution in [-0.4, -0.2) is 119 Å². The third-order valence-electron chi connectivity index (χ3n) is 13.7. The van der Waals surface area contributed by atoms with E-state index in [9.17, 15) is 37.1 Å². The number of rotatable bonds is 10. The van der Waals surface area contributed by atoms with Gasteiger partial charge >= 0.3 is 12.1 Å². The Bertz CT molecular complexity index is 2580. The summed E-state index contributed by atoms with van der Waals surface area (Å²) in [4.78, 5) is 76.1.